The van der Waals surface area contributed by atoms with Crippen molar-refractivity contribution in [2.75, 3.05) is 6.54 Å². The Morgan fingerprint density at radius 2 is 1.73 bits per heavy atom. The van der Waals surface area contributed by atoms with Crippen molar-refractivity contribution in [2.45, 2.75) is 32.9 Å². The highest BCUT2D eigenvalue weighted by molar-refractivity contribution is 5.84. The van der Waals surface area contributed by atoms with Crippen molar-refractivity contribution in [3.8, 4) is 0 Å². The third-order valence-corrected chi connectivity index (χ3v) is 2.52. The lowest BCUT2D eigenvalue weighted by atomic mass is 10.1. The van der Waals surface area contributed by atoms with Gasteiger partial charge in [-0.25, -0.2) is 4.79 Å². The molecule has 0 atom stereocenters. The fourth-order valence-corrected chi connectivity index (χ4v) is 1.60. The predicted molar refractivity (Wildman–Crippen MR) is 81.2 cm³/mol. The van der Waals surface area contributed by atoms with Crippen LogP contribution in [0.5, 0.6) is 0 Å². The molecule has 3 N–H and O–H groups in total. The smallest absolute Gasteiger partial charge is 0.315 e. The Balaban J connectivity index is 2.34. The quantitative estimate of drug-likeness (QED) is 0.562. The van der Waals surface area contributed by atoms with Gasteiger partial charge in [-0.2, -0.15) is 0 Å². The summed E-state index contributed by atoms with van der Waals surface area (Å²) in [4.78, 5) is 33.1. The molecule has 0 radical (unpaired) electrons. The standard InChI is InChI=1S/C14H20N4O4/c1-14(2,3)17-12(19)9-16-13(20)15-8-10-4-6-11(7-5-10)18(21)22/h4-7H,8-9H2,1-3H3,(H,17,19)(H2,15,16,20). The van der Waals surface area contributed by atoms with Crippen molar-refractivity contribution in [1.29, 1.82) is 0 Å². The number of nitro groups is 1. The molecule has 0 saturated carbocycles. The largest absolute Gasteiger partial charge is 0.350 e. The molecule has 8 nitrogen and oxygen atoms in total. The first-order valence-electron chi connectivity index (χ1n) is 6.73. The summed E-state index contributed by atoms with van der Waals surface area (Å²) in [5, 5.41) is 18.2. The van der Waals surface area contributed by atoms with Crippen LogP contribution in [0.4, 0.5) is 10.5 Å². The Morgan fingerprint density at radius 1 is 1.14 bits per heavy atom. The number of amides is 3. The van der Waals surface area contributed by atoms with E-state index in [2.05, 4.69) is 16.0 Å². The van der Waals surface area contributed by atoms with Crippen molar-refractivity contribution in [2.24, 2.45) is 0 Å². The van der Waals surface area contributed by atoms with E-state index in [1.54, 1.807) is 12.1 Å². The number of non-ortho nitro benzene ring substituents is 1. The lowest BCUT2D eigenvalue weighted by molar-refractivity contribution is -0.384. The number of hydrogen-bond acceptors (Lipinski definition) is 4. The molecule has 0 aliphatic heterocycles. The average Bonchev–Trinajstić information content (AvgIpc) is 2.41. The van der Waals surface area contributed by atoms with E-state index in [1.165, 1.54) is 12.1 Å². The maximum atomic E-state index is 11.6. The van der Waals surface area contributed by atoms with E-state index in [4.69, 9.17) is 0 Å². The number of carbonyl (C=O) groups excluding carboxylic acids is 2. The first kappa shape index (κ1) is 17.4. The van der Waals surface area contributed by atoms with E-state index < -0.39 is 11.0 Å². The molecule has 0 fully saturated rings. The van der Waals surface area contributed by atoms with Gasteiger partial charge in [0.25, 0.3) is 5.69 Å². The number of nitro benzene ring substituents is 1. The van der Waals surface area contributed by atoms with Gasteiger partial charge in [0, 0.05) is 24.2 Å². The molecule has 1 rings (SSSR count). The molecular formula is C14H20N4O4. The van der Waals surface area contributed by atoms with Crippen LogP contribution >= 0.6 is 0 Å². The van der Waals surface area contributed by atoms with Gasteiger partial charge in [-0.3, -0.25) is 14.9 Å². The highest BCUT2D eigenvalue weighted by Crippen LogP contribution is 2.11. The van der Waals surface area contributed by atoms with Crippen molar-refractivity contribution < 1.29 is 14.5 Å². The zero-order valence-electron chi connectivity index (χ0n) is 12.8. The maximum Gasteiger partial charge on any atom is 0.315 e. The fourth-order valence-electron chi connectivity index (χ4n) is 1.60. The second kappa shape index (κ2) is 7.39. The molecule has 0 bridgehead atoms. The van der Waals surface area contributed by atoms with Crippen LogP contribution in [0, 0.1) is 10.1 Å². The number of hydrogen-bond donors (Lipinski definition) is 3. The van der Waals surface area contributed by atoms with Gasteiger partial charge in [-0.05, 0) is 26.3 Å². The van der Waals surface area contributed by atoms with Crippen LogP contribution in [0.1, 0.15) is 26.3 Å². The number of nitrogens with zero attached hydrogens (tertiary/aromatic N) is 1. The lowest BCUT2D eigenvalue weighted by Gasteiger charge is -2.20. The molecule has 0 heterocycles. The number of rotatable bonds is 5. The molecule has 0 aliphatic rings. The van der Waals surface area contributed by atoms with E-state index in [0.717, 1.165) is 5.56 Å². The summed E-state index contributed by atoms with van der Waals surface area (Å²) >= 11 is 0. The summed E-state index contributed by atoms with van der Waals surface area (Å²) in [6.07, 6.45) is 0. The summed E-state index contributed by atoms with van der Waals surface area (Å²) in [5.74, 6) is -0.280. The van der Waals surface area contributed by atoms with Gasteiger partial charge >= 0.3 is 6.03 Å². The van der Waals surface area contributed by atoms with Gasteiger partial charge in [0.05, 0.1) is 11.5 Å². The molecular weight excluding hydrogens is 288 g/mol. The van der Waals surface area contributed by atoms with E-state index in [9.17, 15) is 19.7 Å². The molecule has 3 amide bonds. The molecule has 1 aromatic carbocycles. The minimum atomic E-state index is -0.488. The minimum Gasteiger partial charge on any atom is -0.350 e. The molecule has 8 heteroatoms. The third-order valence-electron chi connectivity index (χ3n) is 2.52. The highest BCUT2D eigenvalue weighted by Gasteiger charge is 2.14. The average molecular weight is 308 g/mol. The van der Waals surface area contributed by atoms with Gasteiger partial charge in [0.2, 0.25) is 5.91 Å². The zero-order valence-corrected chi connectivity index (χ0v) is 12.8. The number of nitrogens with one attached hydrogen (secondary N) is 3. The number of carbonyl (C=O) groups is 2. The summed E-state index contributed by atoms with van der Waals surface area (Å²) in [6.45, 7) is 5.63. The summed E-state index contributed by atoms with van der Waals surface area (Å²) in [7, 11) is 0. The Kier molecular flexibility index (Phi) is 5.85. The van der Waals surface area contributed by atoms with Gasteiger partial charge < -0.3 is 16.0 Å². The maximum absolute atomic E-state index is 11.6. The molecule has 0 saturated heterocycles. The second-order valence-corrected chi connectivity index (χ2v) is 5.76. The van der Waals surface area contributed by atoms with Crippen LogP contribution in [-0.4, -0.2) is 28.9 Å². The monoisotopic (exact) mass is 308 g/mol. The fraction of sp³-hybridized carbons (Fsp3) is 0.429. The molecule has 120 valence electrons. The molecule has 22 heavy (non-hydrogen) atoms. The first-order valence-corrected chi connectivity index (χ1v) is 6.73. The van der Waals surface area contributed by atoms with E-state index >= 15 is 0 Å². The number of benzene rings is 1. The van der Waals surface area contributed by atoms with Crippen LogP contribution in [-0.2, 0) is 11.3 Å². The summed E-state index contributed by atoms with van der Waals surface area (Å²) in [6, 6.07) is 5.37. The SMILES string of the molecule is CC(C)(C)NC(=O)CNC(=O)NCc1ccc([N+](=O)[O-])cc1. The van der Waals surface area contributed by atoms with Crippen molar-refractivity contribution >= 4 is 17.6 Å². The molecule has 1 aromatic rings. The minimum absolute atomic E-state index is 0.00736. The summed E-state index contributed by atoms with van der Waals surface area (Å²) in [5.41, 5.74) is 0.362. The zero-order chi connectivity index (χ0) is 16.8. The Labute approximate surface area is 128 Å². The third kappa shape index (κ3) is 6.69. The van der Waals surface area contributed by atoms with Gasteiger partial charge in [-0.1, -0.05) is 12.1 Å². The Hall–Kier alpha value is -2.64. The number of urea groups is 1. The van der Waals surface area contributed by atoms with Crippen LogP contribution < -0.4 is 16.0 Å². The van der Waals surface area contributed by atoms with Crippen molar-refractivity contribution in [1.82, 2.24) is 16.0 Å². The molecule has 0 spiro atoms. The van der Waals surface area contributed by atoms with Crippen LogP contribution in [0.3, 0.4) is 0 Å². The van der Waals surface area contributed by atoms with E-state index in [0.29, 0.717) is 0 Å². The van der Waals surface area contributed by atoms with Crippen LogP contribution in [0.2, 0.25) is 0 Å². The van der Waals surface area contributed by atoms with Crippen LogP contribution in [0.25, 0.3) is 0 Å². The predicted octanol–water partition coefficient (Wildman–Crippen LogP) is 1.31. The van der Waals surface area contributed by atoms with Crippen molar-refractivity contribution in [3.63, 3.8) is 0 Å². The van der Waals surface area contributed by atoms with Crippen molar-refractivity contribution in [3.05, 3.63) is 39.9 Å². The normalized spacial score (nSPS) is 10.7. The van der Waals surface area contributed by atoms with Crippen LogP contribution in [0.15, 0.2) is 24.3 Å². The Morgan fingerprint density at radius 3 is 2.23 bits per heavy atom. The first-order chi connectivity index (χ1) is 10.2. The van der Waals surface area contributed by atoms with Gasteiger partial charge in [0.15, 0.2) is 0 Å². The highest BCUT2D eigenvalue weighted by atomic mass is 16.6. The lowest BCUT2D eigenvalue weighted by Crippen LogP contribution is -2.47. The molecule has 0 aromatic heterocycles. The molecule has 0 unspecified atom stereocenters. The molecule has 0 aliphatic carbocycles. The summed E-state index contributed by atoms with van der Waals surface area (Å²) < 4.78 is 0. The van der Waals surface area contributed by atoms with E-state index in [-0.39, 0.29) is 30.2 Å². The van der Waals surface area contributed by atoms with E-state index in [1.807, 2.05) is 20.8 Å². The Bertz CT molecular complexity index is 549. The second-order valence-electron chi connectivity index (χ2n) is 5.76. The van der Waals surface area contributed by atoms with Gasteiger partial charge in [-0.15, -0.1) is 0 Å². The topological polar surface area (TPSA) is 113 Å². The van der Waals surface area contributed by atoms with Gasteiger partial charge in [0.1, 0.15) is 0 Å².